The molecule has 1 aromatic heterocycles. The van der Waals surface area contributed by atoms with E-state index in [9.17, 15) is 26.4 Å². The van der Waals surface area contributed by atoms with E-state index in [1.807, 2.05) is 0 Å². The second-order valence-corrected chi connectivity index (χ2v) is 11.6. The molecule has 2 aromatic carbocycles. The minimum atomic E-state index is -4.54. The van der Waals surface area contributed by atoms with E-state index in [-0.39, 0.29) is 28.8 Å². The highest BCUT2D eigenvalue weighted by atomic mass is 35.5. The van der Waals surface area contributed by atoms with Crippen molar-refractivity contribution in [1.29, 1.82) is 0 Å². The minimum Gasteiger partial charge on any atom is -0.457 e. The van der Waals surface area contributed by atoms with Gasteiger partial charge in [0.2, 0.25) is 5.91 Å². The summed E-state index contributed by atoms with van der Waals surface area (Å²) in [5.74, 6) is -0.525. The molecule has 2 heterocycles. The van der Waals surface area contributed by atoms with Crippen LogP contribution in [0, 0.1) is 0 Å². The number of hydrogen-bond donors (Lipinski definition) is 1. The number of nitrogens with zero attached hydrogens (tertiary/aromatic N) is 1. The molecule has 1 amide bonds. The zero-order valence-electron chi connectivity index (χ0n) is 18.1. The largest absolute Gasteiger partial charge is 0.457 e. The van der Waals surface area contributed by atoms with Gasteiger partial charge in [0.25, 0.3) is 10.0 Å². The smallest absolute Gasteiger partial charge is 0.419 e. The van der Waals surface area contributed by atoms with E-state index in [4.69, 9.17) is 16.3 Å². The number of carbonyl (C=O) groups is 1. The van der Waals surface area contributed by atoms with Crippen LogP contribution in [-0.4, -0.2) is 31.2 Å². The molecule has 0 saturated carbocycles. The van der Waals surface area contributed by atoms with Crippen molar-refractivity contribution in [1.82, 2.24) is 9.62 Å². The summed E-state index contributed by atoms with van der Waals surface area (Å²) in [5.41, 5.74) is -0.204. The lowest BCUT2D eigenvalue weighted by Gasteiger charge is -2.22. The van der Waals surface area contributed by atoms with Crippen molar-refractivity contribution in [2.45, 2.75) is 35.8 Å². The molecule has 35 heavy (non-hydrogen) atoms. The second kappa shape index (κ2) is 10.2. The molecule has 1 fully saturated rings. The van der Waals surface area contributed by atoms with Crippen LogP contribution in [0.5, 0.6) is 11.5 Å². The quantitative estimate of drug-likeness (QED) is 0.415. The van der Waals surface area contributed by atoms with Crippen LogP contribution in [0.2, 0.25) is 4.34 Å². The molecule has 12 heteroatoms. The van der Waals surface area contributed by atoms with Crippen molar-refractivity contribution in [3.05, 3.63) is 76.1 Å². The van der Waals surface area contributed by atoms with E-state index < -0.39 is 33.7 Å². The fourth-order valence-electron chi connectivity index (χ4n) is 3.74. The summed E-state index contributed by atoms with van der Waals surface area (Å²) in [7, 11) is -3.83. The second-order valence-electron chi connectivity index (χ2n) is 7.79. The monoisotopic (exact) mass is 544 g/mol. The highest BCUT2D eigenvalue weighted by Crippen LogP contribution is 2.38. The summed E-state index contributed by atoms with van der Waals surface area (Å²) < 4.78 is 72.3. The predicted molar refractivity (Wildman–Crippen MR) is 126 cm³/mol. The van der Waals surface area contributed by atoms with E-state index in [0.29, 0.717) is 22.7 Å². The topological polar surface area (TPSA) is 75.7 Å². The van der Waals surface area contributed by atoms with E-state index in [1.54, 1.807) is 12.1 Å². The molecule has 0 spiro atoms. The Hall–Kier alpha value is -2.60. The first-order valence-corrected chi connectivity index (χ1v) is 13.2. The molecule has 3 aromatic rings. The summed E-state index contributed by atoms with van der Waals surface area (Å²) in [4.78, 5) is 12.8. The van der Waals surface area contributed by atoms with Crippen LogP contribution in [0.15, 0.2) is 64.9 Å². The fraction of sp³-hybridized carbons (Fsp3) is 0.261. The minimum absolute atomic E-state index is 0.0879. The number of amides is 1. The zero-order valence-corrected chi connectivity index (χ0v) is 20.5. The number of para-hydroxylation sites is 1. The Bertz CT molecular complexity index is 1310. The van der Waals surface area contributed by atoms with Crippen LogP contribution in [0.25, 0.3) is 0 Å². The van der Waals surface area contributed by atoms with Crippen LogP contribution in [0.4, 0.5) is 13.2 Å². The van der Waals surface area contributed by atoms with Gasteiger partial charge in [0, 0.05) is 13.1 Å². The van der Waals surface area contributed by atoms with Crippen molar-refractivity contribution in [2.24, 2.45) is 0 Å². The standard InChI is InChI=1S/C23H20ClF3N2O4S2/c24-20-11-12-21(34-20)35(31,32)29-13-3-5-18(29)22(30)28-14-15-7-9-16(10-8-15)33-19-6-2-1-4-17(19)23(25,26)27/h1-2,4,6-12,18H,3,5,13-14H2,(H,28,30)/t18-/m0/s1. The maximum absolute atomic E-state index is 13.2. The molecule has 1 atom stereocenters. The number of thiophene rings is 1. The third kappa shape index (κ3) is 5.80. The molecule has 0 bridgehead atoms. The first-order chi connectivity index (χ1) is 16.6. The van der Waals surface area contributed by atoms with Crippen LogP contribution < -0.4 is 10.1 Å². The zero-order chi connectivity index (χ0) is 25.2. The van der Waals surface area contributed by atoms with E-state index >= 15 is 0 Å². The number of halogens is 4. The molecule has 0 aliphatic carbocycles. The summed E-state index contributed by atoms with van der Waals surface area (Å²) in [6.45, 7) is 0.356. The number of benzene rings is 2. The first-order valence-electron chi connectivity index (χ1n) is 10.5. The van der Waals surface area contributed by atoms with Gasteiger partial charge in [-0.25, -0.2) is 8.42 Å². The van der Waals surface area contributed by atoms with E-state index in [2.05, 4.69) is 5.32 Å². The Morgan fingerprint density at radius 3 is 2.49 bits per heavy atom. The highest BCUT2D eigenvalue weighted by Gasteiger charge is 2.40. The summed E-state index contributed by atoms with van der Waals surface area (Å²) in [5, 5.41) is 2.74. The lowest BCUT2D eigenvalue weighted by Crippen LogP contribution is -2.45. The normalized spacial score (nSPS) is 16.9. The lowest BCUT2D eigenvalue weighted by atomic mass is 10.1. The number of rotatable bonds is 7. The molecular formula is C23H20ClF3N2O4S2. The Labute approximate surface area is 209 Å². The van der Waals surface area contributed by atoms with E-state index in [1.165, 1.54) is 46.8 Å². The number of sulfonamides is 1. The number of nitrogens with one attached hydrogen (secondary N) is 1. The lowest BCUT2D eigenvalue weighted by molar-refractivity contribution is -0.138. The molecule has 4 rings (SSSR count). The van der Waals surface area contributed by atoms with Gasteiger partial charge in [-0.05, 0) is 54.8 Å². The Balaban J connectivity index is 1.38. The summed E-state index contributed by atoms with van der Waals surface area (Å²) >= 11 is 6.81. The van der Waals surface area contributed by atoms with Gasteiger partial charge >= 0.3 is 6.18 Å². The van der Waals surface area contributed by atoms with Crippen molar-refractivity contribution in [3.8, 4) is 11.5 Å². The van der Waals surface area contributed by atoms with Gasteiger partial charge < -0.3 is 10.1 Å². The average Bonchev–Trinajstić information content (AvgIpc) is 3.48. The van der Waals surface area contributed by atoms with Crippen molar-refractivity contribution >= 4 is 38.9 Å². The third-order valence-corrected chi connectivity index (χ3v) is 9.03. The molecule has 6 nitrogen and oxygen atoms in total. The van der Waals surface area contributed by atoms with Crippen LogP contribution in [-0.2, 0) is 27.5 Å². The molecule has 1 aliphatic heterocycles. The van der Waals surface area contributed by atoms with Crippen molar-refractivity contribution < 1.29 is 31.1 Å². The predicted octanol–water partition coefficient (Wildman–Crippen LogP) is 5.68. The van der Waals surface area contributed by atoms with Crippen LogP contribution >= 0.6 is 22.9 Å². The summed E-state index contributed by atoms with van der Waals surface area (Å²) in [6, 6.07) is 13.2. The Morgan fingerprint density at radius 2 is 1.83 bits per heavy atom. The van der Waals surface area contributed by atoms with Crippen LogP contribution in [0.3, 0.4) is 0 Å². The molecule has 1 aliphatic rings. The molecular weight excluding hydrogens is 525 g/mol. The Kier molecular flexibility index (Phi) is 7.41. The van der Waals surface area contributed by atoms with Crippen LogP contribution in [0.1, 0.15) is 24.0 Å². The fourth-order valence-corrected chi connectivity index (χ4v) is 7.01. The molecule has 186 valence electrons. The molecule has 1 N–H and O–H groups in total. The van der Waals surface area contributed by atoms with Gasteiger partial charge in [0.1, 0.15) is 21.8 Å². The van der Waals surface area contributed by atoms with Gasteiger partial charge in [-0.1, -0.05) is 35.9 Å². The average molecular weight is 545 g/mol. The summed E-state index contributed by atoms with van der Waals surface area (Å²) in [6.07, 6.45) is -3.59. The van der Waals surface area contributed by atoms with Gasteiger partial charge in [0.05, 0.1) is 9.90 Å². The van der Waals surface area contributed by atoms with Crippen molar-refractivity contribution in [3.63, 3.8) is 0 Å². The molecule has 0 unspecified atom stereocenters. The van der Waals surface area contributed by atoms with Gasteiger partial charge in [-0.15, -0.1) is 11.3 Å². The number of ether oxygens (including phenoxy) is 1. The van der Waals surface area contributed by atoms with Gasteiger partial charge in [-0.2, -0.15) is 17.5 Å². The number of hydrogen-bond acceptors (Lipinski definition) is 5. The van der Waals surface area contributed by atoms with E-state index in [0.717, 1.165) is 17.4 Å². The third-order valence-electron chi connectivity index (χ3n) is 5.43. The first kappa shape index (κ1) is 25.5. The molecule has 0 radical (unpaired) electrons. The van der Waals surface area contributed by atoms with Gasteiger partial charge in [-0.3, -0.25) is 4.79 Å². The molecule has 1 saturated heterocycles. The SMILES string of the molecule is O=C(NCc1ccc(Oc2ccccc2C(F)(F)F)cc1)[C@@H]1CCCN1S(=O)(=O)c1ccc(Cl)s1. The maximum Gasteiger partial charge on any atom is 0.419 e. The number of carbonyl (C=O) groups excluding carboxylic acids is 1. The van der Waals surface area contributed by atoms with Crippen molar-refractivity contribution in [2.75, 3.05) is 6.54 Å². The highest BCUT2D eigenvalue weighted by molar-refractivity contribution is 7.91. The maximum atomic E-state index is 13.2. The number of alkyl halides is 3. The van der Waals surface area contributed by atoms with Gasteiger partial charge in [0.15, 0.2) is 0 Å². The Morgan fingerprint density at radius 1 is 1.11 bits per heavy atom.